The predicted molar refractivity (Wildman–Crippen MR) is 113 cm³/mol. The van der Waals surface area contributed by atoms with Gasteiger partial charge in [-0.2, -0.15) is 15.3 Å². The van der Waals surface area contributed by atoms with E-state index in [4.69, 9.17) is 4.98 Å². The van der Waals surface area contributed by atoms with Crippen molar-refractivity contribution in [2.75, 3.05) is 0 Å². The van der Waals surface area contributed by atoms with E-state index in [0.29, 0.717) is 39.9 Å². The second-order valence-electron chi connectivity index (χ2n) is 7.10. The molecule has 7 aromatic rings. The van der Waals surface area contributed by atoms with Crippen molar-refractivity contribution in [1.82, 2.24) is 59.3 Å². The topological polar surface area (TPSA) is 144 Å². The Balaban J connectivity index is 1.49. The van der Waals surface area contributed by atoms with Crippen LogP contribution in [0.3, 0.4) is 0 Å². The Hall–Kier alpha value is -5.00. The van der Waals surface area contributed by atoms with Crippen molar-refractivity contribution in [3.8, 4) is 34.3 Å². The number of aromatic nitrogens is 12. The Bertz CT molecular complexity index is 1590. The first-order valence-electron chi connectivity index (χ1n) is 9.68. The SMILES string of the molecule is c1cnc2cc(-c3[nH]c(-c4[nH]nc5ncncc45)nc3-c3cc4ccncn4n3)nn2c1. The van der Waals surface area contributed by atoms with Crippen molar-refractivity contribution in [3.05, 3.63) is 61.7 Å². The number of hydrogen-bond acceptors (Lipinski definition) is 8. The molecule has 0 amide bonds. The zero-order chi connectivity index (χ0) is 21.1. The van der Waals surface area contributed by atoms with Crippen LogP contribution in [0.5, 0.6) is 0 Å². The van der Waals surface area contributed by atoms with Gasteiger partial charge in [0.1, 0.15) is 35.4 Å². The fourth-order valence-corrected chi connectivity index (χ4v) is 3.72. The molecule has 7 heterocycles. The summed E-state index contributed by atoms with van der Waals surface area (Å²) in [5.74, 6) is 0.576. The molecule has 0 spiro atoms. The number of H-pyrrole nitrogens is 2. The van der Waals surface area contributed by atoms with Crippen molar-refractivity contribution in [3.63, 3.8) is 0 Å². The van der Waals surface area contributed by atoms with Gasteiger partial charge in [0.2, 0.25) is 0 Å². The highest BCUT2D eigenvalue weighted by atomic mass is 15.3. The van der Waals surface area contributed by atoms with Gasteiger partial charge in [0, 0.05) is 30.9 Å². The van der Waals surface area contributed by atoms with Crippen molar-refractivity contribution in [2.24, 2.45) is 0 Å². The molecule has 7 rings (SSSR count). The zero-order valence-corrected chi connectivity index (χ0v) is 16.2. The minimum absolute atomic E-state index is 0.560. The molecular formula is C20H12N12. The Morgan fingerprint density at radius 1 is 0.906 bits per heavy atom. The molecule has 0 aliphatic rings. The summed E-state index contributed by atoms with van der Waals surface area (Å²) in [5.41, 5.74) is 5.60. The molecular weight excluding hydrogens is 408 g/mol. The van der Waals surface area contributed by atoms with Crippen molar-refractivity contribution >= 4 is 22.2 Å². The highest BCUT2D eigenvalue weighted by Gasteiger charge is 2.22. The maximum absolute atomic E-state index is 4.87. The second kappa shape index (κ2) is 6.25. The number of nitrogens with one attached hydrogen (secondary N) is 2. The molecule has 0 aliphatic carbocycles. The zero-order valence-electron chi connectivity index (χ0n) is 16.2. The van der Waals surface area contributed by atoms with Crippen molar-refractivity contribution in [2.45, 2.75) is 0 Å². The van der Waals surface area contributed by atoms with Gasteiger partial charge in [-0.1, -0.05) is 0 Å². The van der Waals surface area contributed by atoms with E-state index < -0.39 is 0 Å². The lowest BCUT2D eigenvalue weighted by Gasteiger charge is -1.95. The number of rotatable bonds is 3. The summed E-state index contributed by atoms with van der Waals surface area (Å²) in [7, 11) is 0. The maximum atomic E-state index is 4.87. The highest BCUT2D eigenvalue weighted by molar-refractivity contribution is 5.90. The standard InChI is InChI=1S/C20H12N12/c1-3-23-15-7-14(29-31(15)5-1)18-17(13-6-11-2-4-21-10-32(11)30-13)25-20(26-18)16-12-8-22-9-24-19(12)28-27-16/h1-10H,(H,25,26)(H,22,24,27,28). The fraction of sp³-hybridized carbons (Fsp3) is 0. The monoisotopic (exact) mass is 420 g/mol. The van der Waals surface area contributed by atoms with Crippen LogP contribution in [-0.2, 0) is 0 Å². The van der Waals surface area contributed by atoms with E-state index in [2.05, 4.69) is 45.3 Å². The third-order valence-electron chi connectivity index (χ3n) is 5.18. The summed E-state index contributed by atoms with van der Waals surface area (Å²) in [6.45, 7) is 0. The quantitative estimate of drug-likeness (QED) is 0.443. The number of hydrogen-bond donors (Lipinski definition) is 2. The Morgan fingerprint density at radius 3 is 2.81 bits per heavy atom. The molecule has 7 aromatic heterocycles. The molecule has 152 valence electrons. The van der Waals surface area contributed by atoms with Gasteiger partial charge in [-0.3, -0.25) is 5.10 Å². The van der Waals surface area contributed by atoms with Gasteiger partial charge in [-0.15, -0.1) is 0 Å². The summed E-state index contributed by atoms with van der Waals surface area (Å²) in [5, 5.41) is 17.3. The molecule has 12 nitrogen and oxygen atoms in total. The Labute approximate surface area is 178 Å². The van der Waals surface area contributed by atoms with Gasteiger partial charge >= 0.3 is 0 Å². The molecule has 0 atom stereocenters. The highest BCUT2D eigenvalue weighted by Crippen LogP contribution is 2.33. The van der Waals surface area contributed by atoms with E-state index in [0.717, 1.165) is 16.6 Å². The number of aromatic amines is 2. The first-order chi connectivity index (χ1) is 15.8. The molecule has 0 bridgehead atoms. The molecule has 0 radical (unpaired) electrons. The van der Waals surface area contributed by atoms with Crippen LogP contribution >= 0.6 is 0 Å². The van der Waals surface area contributed by atoms with Crippen LogP contribution in [0.25, 0.3) is 56.5 Å². The van der Waals surface area contributed by atoms with Crippen LogP contribution in [-0.4, -0.2) is 59.3 Å². The fourth-order valence-electron chi connectivity index (χ4n) is 3.72. The molecule has 12 heteroatoms. The smallest absolute Gasteiger partial charge is 0.184 e. The van der Waals surface area contributed by atoms with Gasteiger partial charge < -0.3 is 4.98 Å². The van der Waals surface area contributed by atoms with E-state index in [1.807, 2.05) is 30.5 Å². The molecule has 0 unspecified atom stereocenters. The lowest BCUT2D eigenvalue weighted by Crippen LogP contribution is -1.90. The van der Waals surface area contributed by atoms with Gasteiger partial charge in [0.05, 0.1) is 16.6 Å². The Morgan fingerprint density at radius 2 is 1.88 bits per heavy atom. The Kier molecular flexibility index (Phi) is 3.27. The molecule has 0 saturated carbocycles. The van der Waals surface area contributed by atoms with E-state index in [1.54, 1.807) is 33.9 Å². The predicted octanol–water partition coefficient (Wildman–Crippen LogP) is 2.16. The molecule has 32 heavy (non-hydrogen) atoms. The lowest BCUT2D eigenvalue weighted by molar-refractivity contribution is 0.923. The number of nitrogens with zero attached hydrogens (tertiary/aromatic N) is 10. The number of fused-ring (bicyclic) bond motifs is 3. The first kappa shape index (κ1) is 16.8. The van der Waals surface area contributed by atoms with Crippen LogP contribution in [0.1, 0.15) is 0 Å². The van der Waals surface area contributed by atoms with E-state index in [1.165, 1.54) is 6.33 Å². The summed E-state index contributed by atoms with van der Waals surface area (Å²) < 4.78 is 3.42. The summed E-state index contributed by atoms with van der Waals surface area (Å²) >= 11 is 0. The van der Waals surface area contributed by atoms with Crippen LogP contribution in [0.2, 0.25) is 0 Å². The van der Waals surface area contributed by atoms with Gasteiger partial charge in [-0.05, 0) is 18.2 Å². The van der Waals surface area contributed by atoms with Crippen molar-refractivity contribution in [1.29, 1.82) is 0 Å². The molecule has 0 saturated heterocycles. The lowest BCUT2D eigenvalue weighted by atomic mass is 10.2. The van der Waals surface area contributed by atoms with Crippen LogP contribution in [0.4, 0.5) is 0 Å². The molecule has 2 N–H and O–H groups in total. The average Bonchev–Trinajstić information content (AvgIpc) is 3.61. The minimum atomic E-state index is 0.560. The largest absolute Gasteiger partial charge is 0.335 e. The summed E-state index contributed by atoms with van der Waals surface area (Å²) in [6.07, 6.45) is 10.1. The van der Waals surface area contributed by atoms with Gasteiger partial charge in [0.25, 0.3) is 0 Å². The molecule has 0 fully saturated rings. The average molecular weight is 420 g/mol. The minimum Gasteiger partial charge on any atom is -0.335 e. The summed E-state index contributed by atoms with van der Waals surface area (Å²) in [4.78, 5) is 25.1. The third kappa shape index (κ3) is 2.43. The third-order valence-corrected chi connectivity index (χ3v) is 5.18. The summed E-state index contributed by atoms with van der Waals surface area (Å²) in [6, 6.07) is 7.56. The second-order valence-corrected chi connectivity index (χ2v) is 7.10. The van der Waals surface area contributed by atoms with Crippen molar-refractivity contribution < 1.29 is 0 Å². The van der Waals surface area contributed by atoms with Gasteiger partial charge in [-0.25, -0.2) is 34.0 Å². The van der Waals surface area contributed by atoms with Gasteiger partial charge in [0.15, 0.2) is 17.1 Å². The normalized spacial score (nSPS) is 11.8. The molecule has 0 aliphatic heterocycles. The van der Waals surface area contributed by atoms with Crippen LogP contribution in [0.15, 0.2) is 61.7 Å². The van der Waals surface area contributed by atoms with Crippen LogP contribution < -0.4 is 0 Å². The molecule has 0 aromatic carbocycles. The van der Waals surface area contributed by atoms with Crippen LogP contribution in [0, 0.1) is 0 Å². The first-order valence-corrected chi connectivity index (χ1v) is 9.68. The van der Waals surface area contributed by atoms with E-state index in [-0.39, 0.29) is 0 Å². The maximum Gasteiger partial charge on any atom is 0.184 e. The van der Waals surface area contributed by atoms with E-state index in [9.17, 15) is 0 Å². The number of imidazole rings is 1. The van der Waals surface area contributed by atoms with E-state index >= 15 is 0 Å².